The molecule has 4 aromatic carbocycles. The quantitative estimate of drug-likeness (QED) is 0.383. The molecule has 0 aliphatic carbocycles. The van der Waals surface area contributed by atoms with Crippen LogP contribution < -0.4 is 5.32 Å². The molecule has 0 amide bonds. The lowest BCUT2D eigenvalue weighted by atomic mass is 9.90. The molecule has 4 aromatic rings. The fourth-order valence-electron chi connectivity index (χ4n) is 4.06. The summed E-state index contributed by atoms with van der Waals surface area (Å²) in [5, 5.41) is 3.72. The van der Waals surface area contributed by atoms with Gasteiger partial charge in [-0.15, -0.1) is 0 Å². The Bertz CT molecular complexity index is 1270. The van der Waals surface area contributed by atoms with E-state index in [9.17, 15) is 8.42 Å². The highest BCUT2D eigenvalue weighted by molar-refractivity contribution is 7.90. The van der Waals surface area contributed by atoms with Crippen LogP contribution in [0.25, 0.3) is 11.1 Å². The van der Waals surface area contributed by atoms with Gasteiger partial charge in [-0.25, -0.2) is 8.42 Å². The second kappa shape index (κ2) is 9.94. The zero-order valence-corrected chi connectivity index (χ0v) is 18.9. The van der Waals surface area contributed by atoms with Gasteiger partial charge in [-0.3, -0.25) is 0 Å². The first-order chi connectivity index (χ1) is 15.5. The predicted molar refractivity (Wildman–Crippen MR) is 131 cm³/mol. The van der Waals surface area contributed by atoms with Crippen LogP contribution in [-0.4, -0.2) is 21.2 Å². The topological polar surface area (TPSA) is 46.2 Å². The molecule has 0 saturated carbocycles. The summed E-state index contributed by atoms with van der Waals surface area (Å²) in [7, 11) is -3.36. The molecule has 3 nitrogen and oxygen atoms in total. The molecular weight excluding hydrogens is 414 g/mol. The van der Waals surface area contributed by atoms with Gasteiger partial charge in [0, 0.05) is 18.4 Å². The average Bonchev–Trinajstić information content (AvgIpc) is 2.83. The maximum Gasteiger partial charge on any atom is 0.176 e. The molecule has 0 spiro atoms. The Morgan fingerprint density at radius 1 is 0.688 bits per heavy atom. The number of benzene rings is 4. The van der Waals surface area contributed by atoms with Crippen LogP contribution in [0.4, 0.5) is 0 Å². The maximum atomic E-state index is 12.5. The van der Waals surface area contributed by atoms with Crippen molar-refractivity contribution in [1.82, 2.24) is 5.32 Å². The van der Waals surface area contributed by atoms with Crippen molar-refractivity contribution in [1.29, 1.82) is 0 Å². The summed E-state index contributed by atoms with van der Waals surface area (Å²) in [5.41, 5.74) is 5.14. The highest BCUT2D eigenvalue weighted by Crippen LogP contribution is 2.35. The second-order valence-corrected chi connectivity index (χ2v) is 9.87. The van der Waals surface area contributed by atoms with Crippen molar-refractivity contribution < 1.29 is 8.42 Å². The smallest absolute Gasteiger partial charge is 0.176 e. The third kappa shape index (κ3) is 5.16. The van der Waals surface area contributed by atoms with Crippen molar-refractivity contribution in [3.63, 3.8) is 0 Å². The summed E-state index contributed by atoms with van der Waals surface area (Å²) in [6.07, 6.45) is 2.17. The van der Waals surface area contributed by atoms with E-state index in [-0.39, 0.29) is 6.04 Å². The SMILES string of the molecule is CS(=O)(=O)c1ccccc1-c1ccccc1C(NCCc1ccccc1)c1ccccc1. The molecular formula is C28H27NO2S. The van der Waals surface area contributed by atoms with Gasteiger partial charge in [0.1, 0.15) is 0 Å². The summed E-state index contributed by atoms with van der Waals surface area (Å²) in [6.45, 7) is 0.797. The van der Waals surface area contributed by atoms with E-state index in [1.165, 1.54) is 11.8 Å². The molecule has 0 fully saturated rings. The van der Waals surface area contributed by atoms with Crippen molar-refractivity contribution >= 4 is 9.84 Å². The predicted octanol–water partition coefficient (Wildman–Crippen LogP) is 5.68. The molecule has 0 saturated heterocycles. The van der Waals surface area contributed by atoms with Crippen LogP contribution in [0.5, 0.6) is 0 Å². The van der Waals surface area contributed by atoms with Crippen LogP contribution in [0.3, 0.4) is 0 Å². The van der Waals surface area contributed by atoms with E-state index in [0.29, 0.717) is 4.90 Å². The minimum Gasteiger partial charge on any atom is -0.306 e. The highest BCUT2D eigenvalue weighted by atomic mass is 32.2. The lowest BCUT2D eigenvalue weighted by molar-refractivity contribution is 0.601. The van der Waals surface area contributed by atoms with Gasteiger partial charge in [-0.05, 0) is 34.7 Å². The van der Waals surface area contributed by atoms with Crippen molar-refractivity contribution in [2.24, 2.45) is 0 Å². The number of hydrogen-bond donors (Lipinski definition) is 1. The largest absolute Gasteiger partial charge is 0.306 e. The Balaban J connectivity index is 1.75. The zero-order chi connectivity index (χ0) is 22.4. The van der Waals surface area contributed by atoms with Gasteiger partial charge in [-0.2, -0.15) is 0 Å². The first kappa shape index (κ1) is 22.0. The molecule has 4 heteroatoms. The number of hydrogen-bond acceptors (Lipinski definition) is 3. The molecule has 0 aromatic heterocycles. The Kier molecular flexibility index (Phi) is 6.84. The van der Waals surface area contributed by atoms with Gasteiger partial charge < -0.3 is 5.32 Å². The van der Waals surface area contributed by atoms with Crippen molar-refractivity contribution in [3.8, 4) is 11.1 Å². The highest BCUT2D eigenvalue weighted by Gasteiger charge is 2.21. The van der Waals surface area contributed by atoms with Crippen LogP contribution >= 0.6 is 0 Å². The van der Waals surface area contributed by atoms with E-state index in [4.69, 9.17) is 0 Å². The Hall–Kier alpha value is -3.21. The van der Waals surface area contributed by atoms with Crippen LogP contribution in [-0.2, 0) is 16.3 Å². The van der Waals surface area contributed by atoms with E-state index >= 15 is 0 Å². The van der Waals surface area contributed by atoms with Crippen LogP contribution in [0.1, 0.15) is 22.7 Å². The lowest BCUT2D eigenvalue weighted by Gasteiger charge is -2.24. The zero-order valence-electron chi connectivity index (χ0n) is 18.1. The summed E-state index contributed by atoms with van der Waals surface area (Å²) in [5.74, 6) is 0. The van der Waals surface area contributed by atoms with E-state index in [1.54, 1.807) is 12.1 Å². The second-order valence-electron chi connectivity index (χ2n) is 7.89. The molecule has 1 N–H and O–H groups in total. The first-order valence-electron chi connectivity index (χ1n) is 10.7. The summed E-state index contributed by atoms with van der Waals surface area (Å²) < 4.78 is 25.0. The standard InChI is InChI=1S/C28H27NO2S/c1-32(30,31)27-19-11-10-17-25(27)24-16-8-9-18-26(24)28(23-14-6-3-7-15-23)29-21-20-22-12-4-2-5-13-22/h2-19,28-29H,20-21H2,1H3. The molecule has 0 heterocycles. The third-order valence-electron chi connectivity index (χ3n) is 5.59. The van der Waals surface area contributed by atoms with Crippen LogP contribution in [0.2, 0.25) is 0 Å². The van der Waals surface area contributed by atoms with E-state index in [1.807, 2.05) is 54.6 Å². The van der Waals surface area contributed by atoms with Crippen molar-refractivity contribution in [3.05, 3.63) is 126 Å². The monoisotopic (exact) mass is 441 g/mol. The number of sulfone groups is 1. The van der Waals surface area contributed by atoms with Gasteiger partial charge in [0.2, 0.25) is 0 Å². The van der Waals surface area contributed by atoms with Crippen molar-refractivity contribution in [2.75, 3.05) is 12.8 Å². The minimum absolute atomic E-state index is 0.0660. The van der Waals surface area contributed by atoms with E-state index < -0.39 is 9.84 Å². The molecule has 1 atom stereocenters. The Morgan fingerprint density at radius 2 is 1.25 bits per heavy atom. The summed E-state index contributed by atoms with van der Waals surface area (Å²) >= 11 is 0. The molecule has 0 aliphatic rings. The fourth-order valence-corrected chi connectivity index (χ4v) is 4.97. The molecule has 4 rings (SSSR count). The van der Waals surface area contributed by atoms with Crippen molar-refractivity contribution in [2.45, 2.75) is 17.4 Å². The maximum absolute atomic E-state index is 12.5. The summed E-state index contributed by atoms with van der Waals surface area (Å²) in [6, 6.07) is 35.9. The molecule has 0 bridgehead atoms. The van der Waals surface area contributed by atoms with Gasteiger partial charge in [-0.1, -0.05) is 103 Å². The summed E-state index contributed by atoms with van der Waals surface area (Å²) in [4.78, 5) is 0.351. The molecule has 0 aliphatic heterocycles. The molecule has 162 valence electrons. The lowest BCUT2D eigenvalue weighted by Crippen LogP contribution is -2.25. The van der Waals surface area contributed by atoms with Crippen LogP contribution in [0, 0.1) is 0 Å². The molecule has 0 radical (unpaired) electrons. The fraction of sp³-hybridized carbons (Fsp3) is 0.143. The minimum atomic E-state index is -3.36. The number of rotatable bonds is 8. The normalized spacial score (nSPS) is 12.4. The van der Waals surface area contributed by atoms with Crippen LogP contribution in [0.15, 0.2) is 114 Å². The van der Waals surface area contributed by atoms with Gasteiger partial charge >= 0.3 is 0 Å². The van der Waals surface area contributed by atoms with E-state index in [2.05, 4.69) is 47.8 Å². The molecule has 1 unspecified atom stereocenters. The average molecular weight is 442 g/mol. The van der Waals surface area contributed by atoms with Gasteiger partial charge in [0.15, 0.2) is 9.84 Å². The van der Waals surface area contributed by atoms with E-state index in [0.717, 1.165) is 35.2 Å². The first-order valence-corrected chi connectivity index (χ1v) is 12.6. The van der Waals surface area contributed by atoms with Gasteiger partial charge in [0.05, 0.1) is 10.9 Å². The third-order valence-corrected chi connectivity index (χ3v) is 6.74. The Labute approximate surface area is 190 Å². The number of nitrogens with one attached hydrogen (secondary N) is 1. The Morgan fingerprint density at radius 3 is 1.94 bits per heavy atom. The molecule has 32 heavy (non-hydrogen) atoms. The van der Waals surface area contributed by atoms with Gasteiger partial charge in [0.25, 0.3) is 0 Å².